The molecule has 0 amide bonds. The summed E-state index contributed by atoms with van der Waals surface area (Å²) in [4.78, 5) is 6.96. The lowest BCUT2D eigenvalue weighted by Gasteiger charge is -2.31. The van der Waals surface area contributed by atoms with Gasteiger partial charge in [0, 0.05) is 43.2 Å². The second kappa shape index (κ2) is 10.5. The minimum Gasteiger partial charge on any atom is -0.497 e. The third kappa shape index (κ3) is 5.61. The van der Waals surface area contributed by atoms with Crippen molar-refractivity contribution in [3.8, 4) is 5.75 Å². The summed E-state index contributed by atoms with van der Waals surface area (Å²) in [6, 6.07) is 26.0. The Bertz CT molecular complexity index is 998. The fraction of sp³-hybridized carbons (Fsp3) is 0.333. The van der Waals surface area contributed by atoms with Gasteiger partial charge < -0.3 is 24.2 Å². The molecule has 0 radical (unpaired) electrons. The van der Waals surface area contributed by atoms with Crippen molar-refractivity contribution in [2.75, 3.05) is 57.3 Å². The summed E-state index contributed by atoms with van der Waals surface area (Å²) in [6.07, 6.45) is 0. The largest absolute Gasteiger partial charge is 0.497 e. The van der Waals surface area contributed by atoms with Crippen molar-refractivity contribution in [1.82, 2.24) is 4.90 Å². The molecule has 0 aromatic heterocycles. The summed E-state index contributed by atoms with van der Waals surface area (Å²) in [6.45, 7) is 5.12. The Morgan fingerprint density at radius 2 is 1.56 bits per heavy atom. The monoisotopic (exact) mass is 431 g/mol. The van der Waals surface area contributed by atoms with E-state index in [2.05, 4.69) is 95.5 Å². The first kappa shape index (κ1) is 22.2. The van der Waals surface area contributed by atoms with Gasteiger partial charge in [-0.1, -0.05) is 30.3 Å². The second-order valence-corrected chi connectivity index (χ2v) is 8.46. The molecular formula is C27H33N3O2. The maximum absolute atomic E-state index is 5.54. The zero-order valence-corrected chi connectivity index (χ0v) is 19.3. The topological polar surface area (TPSA) is 28.2 Å². The molecule has 1 aliphatic rings. The molecule has 1 aliphatic heterocycles. The SMILES string of the molecule is COc1cccc(CN(c2ccc(CN(C)C)cc2)c2cccc(N3CCOCC3)c2)c1. The van der Waals surface area contributed by atoms with Gasteiger partial charge in [0.15, 0.2) is 0 Å². The van der Waals surface area contributed by atoms with Crippen LogP contribution >= 0.6 is 0 Å². The molecule has 5 nitrogen and oxygen atoms in total. The number of benzene rings is 3. The maximum Gasteiger partial charge on any atom is 0.119 e. The summed E-state index contributed by atoms with van der Waals surface area (Å²) >= 11 is 0. The predicted octanol–water partition coefficient (Wildman–Crippen LogP) is 4.93. The Morgan fingerprint density at radius 1 is 0.812 bits per heavy atom. The highest BCUT2D eigenvalue weighted by Crippen LogP contribution is 2.32. The number of methoxy groups -OCH3 is 1. The summed E-state index contributed by atoms with van der Waals surface area (Å²) in [5, 5.41) is 0. The molecule has 3 aromatic carbocycles. The van der Waals surface area contributed by atoms with Crippen molar-refractivity contribution in [2.45, 2.75) is 13.1 Å². The van der Waals surface area contributed by atoms with Crippen molar-refractivity contribution < 1.29 is 9.47 Å². The zero-order chi connectivity index (χ0) is 22.3. The molecule has 3 aromatic rings. The number of nitrogens with zero attached hydrogens (tertiary/aromatic N) is 3. The standard InChI is InChI=1S/C27H33N3O2/c1-28(2)20-22-10-12-24(13-11-22)30(21-23-6-4-9-27(18-23)31-3)26-8-5-7-25(19-26)29-14-16-32-17-15-29/h4-13,18-19H,14-17,20-21H2,1-3H3. The van der Waals surface area contributed by atoms with Gasteiger partial charge in [0.05, 0.1) is 20.3 Å². The predicted molar refractivity (Wildman–Crippen MR) is 132 cm³/mol. The lowest BCUT2D eigenvalue weighted by atomic mass is 10.1. The van der Waals surface area contributed by atoms with E-state index in [0.29, 0.717) is 0 Å². The first-order chi connectivity index (χ1) is 15.6. The zero-order valence-electron chi connectivity index (χ0n) is 19.3. The van der Waals surface area contributed by atoms with E-state index in [9.17, 15) is 0 Å². The maximum atomic E-state index is 5.54. The van der Waals surface area contributed by atoms with Gasteiger partial charge in [-0.15, -0.1) is 0 Å². The Balaban J connectivity index is 1.67. The Hall–Kier alpha value is -3.02. The summed E-state index contributed by atoms with van der Waals surface area (Å²) in [5.74, 6) is 0.880. The van der Waals surface area contributed by atoms with Gasteiger partial charge in [-0.3, -0.25) is 0 Å². The molecular weight excluding hydrogens is 398 g/mol. The lowest BCUT2D eigenvalue weighted by molar-refractivity contribution is 0.122. The molecule has 0 N–H and O–H groups in total. The highest BCUT2D eigenvalue weighted by Gasteiger charge is 2.15. The first-order valence-electron chi connectivity index (χ1n) is 11.2. The number of anilines is 3. The van der Waals surface area contributed by atoms with Gasteiger partial charge in [-0.05, 0) is 67.7 Å². The van der Waals surface area contributed by atoms with E-state index in [1.54, 1.807) is 7.11 Å². The average Bonchev–Trinajstić information content (AvgIpc) is 2.83. The molecule has 0 aliphatic carbocycles. The second-order valence-electron chi connectivity index (χ2n) is 8.46. The smallest absolute Gasteiger partial charge is 0.119 e. The van der Waals surface area contributed by atoms with E-state index in [4.69, 9.17) is 9.47 Å². The van der Waals surface area contributed by atoms with Crippen LogP contribution in [0.5, 0.6) is 5.75 Å². The third-order valence-corrected chi connectivity index (χ3v) is 5.74. The highest BCUT2D eigenvalue weighted by molar-refractivity contribution is 5.68. The summed E-state index contributed by atoms with van der Waals surface area (Å²) in [7, 11) is 5.91. The van der Waals surface area contributed by atoms with Crippen molar-refractivity contribution in [3.05, 3.63) is 83.9 Å². The quantitative estimate of drug-likeness (QED) is 0.504. The van der Waals surface area contributed by atoms with Gasteiger partial charge in [0.1, 0.15) is 5.75 Å². The van der Waals surface area contributed by atoms with E-state index >= 15 is 0 Å². The van der Waals surface area contributed by atoms with Crippen LogP contribution in [-0.2, 0) is 17.8 Å². The number of ether oxygens (including phenoxy) is 2. The third-order valence-electron chi connectivity index (χ3n) is 5.74. The summed E-state index contributed by atoms with van der Waals surface area (Å²) in [5.41, 5.74) is 6.11. The van der Waals surface area contributed by atoms with E-state index in [-0.39, 0.29) is 0 Å². The van der Waals surface area contributed by atoms with E-state index < -0.39 is 0 Å². The van der Waals surface area contributed by atoms with Crippen LogP contribution in [0.2, 0.25) is 0 Å². The Kier molecular flexibility index (Phi) is 7.30. The van der Waals surface area contributed by atoms with Crippen LogP contribution in [0, 0.1) is 0 Å². The molecule has 5 heteroatoms. The minimum absolute atomic E-state index is 0.761. The number of morpholine rings is 1. The molecule has 4 rings (SSSR count). The fourth-order valence-corrected chi connectivity index (χ4v) is 4.11. The van der Waals surface area contributed by atoms with Gasteiger partial charge in [0.2, 0.25) is 0 Å². The Labute approximate surface area is 191 Å². The number of rotatable bonds is 8. The normalized spacial score (nSPS) is 13.9. The van der Waals surface area contributed by atoms with Crippen molar-refractivity contribution in [2.24, 2.45) is 0 Å². The van der Waals surface area contributed by atoms with Crippen molar-refractivity contribution in [1.29, 1.82) is 0 Å². The van der Waals surface area contributed by atoms with Crippen molar-refractivity contribution in [3.63, 3.8) is 0 Å². The van der Waals surface area contributed by atoms with E-state index in [1.807, 2.05) is 6.07 Å². The number of hydrogen-bond acceptors (Lipinski definition) is 5. The van der Waals surface area contributed by atoms with Gasteiger partial charge in [-0.25, -0.2) is 0 Å². The van der Waals surface area contributed by atoms with E-state index in [1.165, 1.54) is 28.2 Å². The van der Waals surface area contributed by atoms with Crippen molar-refractivity contribution >= 4 is 17.1 Å². The minimum atomic E-state index is 0.761. The van der Waals surface area contributed by atoms with Crippen LogP contribution in [0.15, 0.2) is 72.8 Å². The van der Waals surface area contributed by atoms with Gasteiger partial charge in [-0.2, -0.15) is 0 Å². The summed E-state index contributed by atoms with van der Waals surface area (Å²) < 4.78 is 11.0. The van der Waals surface area contributed by atoms with Crippen LogP contribution in [0.1, 0.15) is 11.1 Å². The number of hydrogen-bond donors (Lipinski definition) is 0. The molecule has 0 spiro atoms. The van der Waals surface area contributed by atoms with Gasteiger partial charge in [0.25, 0.3) is 0 Å². The molecule has 1 fully saturated rings. The molecule has 1 heterocycles. The van der Waals surface area contributed by atoms with Crippen LogP contribution in [-0.4, -0.2) is 52.4 Å². The lowest BCUT2D eigenvalue weighted by Crippen LogP contribution is -2.36. The highest BCUT2D eigenvalue weighted by atomic mass is 16.5. The van der Waals surface area contributed by atoms with Crippen LogP contribution < -0.4 is 14.5 Å². The van der Waals surface area contributed by atoms with E-state index in [0.717, 1.165) is 45.1 Å². The van der Waals surface area contributed by atoms with Crippen LogP contribution in [0.4, 0.5) is 17.1 Å². The molecule has 0 unspecified atom stereocenters. The fourth-order valence-electron chi connectivity index (χ4n) is 4.11. The molecule has 0 atom stereocenters. The molecule has 32 heavy (non-hydrogen) atoms. The first-order valence-corrected chi connectivity index (χ1v) is 11.2. The van der Waals surface area contributed by atoms with Crippen LogP contribution in [0.3, 0.4) is 0 Å². The molecule has 0 bridgehead atoms. The Morgan fingerprint density at radius 3 is 2.28 bits per heavy atom. The van der Waals surface area contributed by atoms with Gasteiger partial charge >= 0.3 is 0 Å². The average molecular weight is 432 g/mol. The molecule has 1 saturated heterocycles. The molecule has 168 valence electrons. The van der Waals surface area contributed by atoms with Crippen LogP contribution in [0.25, 0.3) is 0 Å². The molecule has 0 saturated carbocycles.